The highest BCUT2D eigenvalue weighted by Crippen LogP contribution is 2.16. The fourth-order valence-electron chi connectivity index (χ4n) is 3.26. The molecule has 0 radical (unpaired) electrons. The normalized spacial score (nSPS) is 11.1. The number of aromatic nitrogens is 4. The van der Waals surface area contributed by atoms with Gasteiger partial charge >= 0.3 is 0 Å². The van der Waals surface area contributed by atoms with Crippen LogP contribution in [0.5, 0.6) is 0 Å². The van der Waals surface area contributed by atoms with Gasteiger partial charge in [-0.05, 0) is 29.3 Å². The Bertz CT molecular complexity index is 1090. The minimum absolute atomic E-state index is 0. The molecule has 0 unspecified atom stereocenters. The van der Waals surface area contributed by atoms with Crippen LogP contribution in [0, 0.1) is 0 Å². The summed E-state index contributed by atoms with van der Waals surface area (Å²) in [5.74, 6) is 1.70. The standard InChI is InChI=1S/C23H25N7.HI/c1-24-23(26-15-18-9-11-20(12-10-18)30-14-6-13-27-30)29(2)17-22-25-16-21(28-22)19-7-4-3-5-8-19;/h3-14,16H,15,17H2,1-2H3,(H,24,26)(H,25,28);1H. The van der Waals surface area contributed by atoms with Crippen LogP contribution in [-0.4, -0.2) is 44.7 Å². The summed E-state index contributed by atoms with van der Waals surface area (Å²) in [6.07, 6.45) is 5.58. The van der Waals surface area contributed by atoms with Gasteiger partial charge in [-0.3, -0.25) is 4.99 Å². The van der Waals surface area contributed by atoms with Crippen LogP contribution in [-0.2, 0) is 13.1 Å². The van der Waals surface area contributed by atoms with Crippen molar-refractivity contribution in [2.24, 2.45) is 4.99 Å². The number of nitrogens with zero attached hydrogens (tertiary/aromatic N) is 5. The third kappa shape index (κ3) is 5.72. The Morgan fingerprint density at radius 3 is 2.55 bits per heavy atom. The van der Waals surface area contributed by atoms with E-state index < -0.39 is 0 Å². The van der Waals surface area contributed by atoms with Crippen LogP contribution in [0.3, 0.4) is 0 Å². The highest BCUT2D eigenvalue weighted by atomic mass is 127. The monoisotopic (exact) mass is 527 g/mol. The zero-order valence-electron chi connectivity index (χ0n) is 17.6. The summed E-state index contributed by atoms with van der Waals surface area (Å²) in [5.41, 5.74) is 4.35. The Labute approximate surface area is 199 Å². The molecular formula is C23H26IN7. The van der Waals surface area contributed by atoms with E-state index in [-0.39, 0.29) is 24.0 Å². The number of imidazole rings is 1. The van der Waals surface area contributed by atoms with Gasteiger partial charge in [0.2, 0.25) is 0 Å². The third-order valence-corrected chi connectivity index (χ3v) is 4.83. The fourth-order valence-corrected chi connectivity index (χ4v) is 3.26. The van der Waals surface area contributed by atoms with E-state index in [9.17, 15) is 0 Å². The number of nitrogens with one attached hydrogen (secondary N) is 2. The van der Waals surface area contributed by atoms with Gasteiger partial charge in [0, 0.05) is 33.0 Å². The molecule has 0 bridgehead atoms. The van der Waals surface area contributed by atoms with E-state index in [1.165, 1.54) is 5.56 Å². The second-order valence-electron chi connectivity index (χ2n) is 6.98. The Hall–Kier alpha value is -3.14. The van der Waals surface area contributed by atoms with Crippen molar-refractivity contribution in [3.63, 3.8) is 0 Å². The maximum absolute atomic E-state index is 4.51. The van der Waals surface area contributed by atoms with Crippen molar-refractivity contribution in [3.05, 3.63) is 90.6 Å². The van der Waals surface area contributed by atoms with E-state index in [4.69, 9.17) is 0 Å². The molecule has 0 atom stereocenters. The SMILES string of the molecule is CN=C(NCc1ccc(-n2cccn2)cc1)N(C)Cc1ncc(-c2ccccc2)[nH]1.I. The molecule has 7 nitrogen and oxygen atoms in total. The van der Waals surface area contributed by atoms with Gasteiger partial charge < -0.3 is 15.2 Å². The molecule has 2 heterocycles. The topological polar surface area (TPSA) is 74.1 Å². The van der Waals surface area contributed by atoms with E-state index >= 15 is 0 Å². The lowest BCUT2D eigenvalue weighted by Crippen LogP contribution is -2.38. The molecule has 8 heteroatoms. The minimum atomic E-state index is 0. The number of rotatable bonds is 6. The molecule has 0 aliphatic rings. The van der Waals surface area contributed by atoms with E-state index in [1.54, 1.807) is 13.2 Å². The van der Waals surface area contributed by atoms with Crippen molar-refractivity contribution in [2.45, 2.75) is 13.1 Å². The van der Waals surface area contributed by atoms with E-state index in [2.05, 4.69) is 61.8 Å². The second kappa shape index (κ2) is 10.8. The average Bonchev–Trinajstić information content (AvgIpc) is 3.48. The lowest BCUT2D eigenvalue weighted by molar-refractivity contribution is 0.464. The minimum Gasteiger partial charge on any atom is -0.352 e. The molecule has 0 saturated heterocycles. The van der Waals surface area contributed by atoms with Gasteiger partial charge in [-0.25, -0.2) is 9.67 Å². The zero-order chi connectivity index (χ0) is 20.8. The molecule has 4 rings (SSSR count). The van der Waals surface area contributed by atoms with Crippen LogP contribution in [0.25, 0.3) is 16.9 Å². The van der Waals surface area contributed by atoms with Gasteiger partial charge in [-0.15, -0.1) is 24.0 Å². The van der Waals surface area contributed by atoms with Gasteiger partial charge in [0.05, 0.1) is 24.1 Å². The summed E-state index contributed by atoms with van der Waals surface area (Å²) in [5, 5.41) is 7.66. The first kappa shape index (κ1) is 22.5. The van der Waals surface area contributed by atoms with Crippen LogP contribution in [0.15, 0.2) is 84.2 Å². The van der Waals surface area contributed by atoms with Crippen molar-refractivity contribution >= 4 is 29.9 Å². The summed E-state index contributed by atoms with van der Waals surface area (Å²) >= 11 is 0. The van der Waals surface area contributed by atoms with Crippen LogP contribution in [0.2, 0.25) is 0 Å². The van der Waals surface area contributed by atoms with Crippen LogP contribution in [0.4, 0.5) is 0 Å². The maximum atomic E-state index is 4.51. The largest absolute Gasteiger partial charge is 0.352 e. The molecule has 0 spiro atoms. The molecule has 2 aromatic carbocycles. The van der Waals surface area contributed by atoms with Crippen molar-refractivity contribution in [1.29, 1.82) is 0 Å². The van der Waals surface area contributed by atoms with Crippen molar-refractivity contribution < 1.29 is 0 Å². The van der Waals surface area contributed by atoms with Crippen molar-refractivity contribution in [2.75, 3.05) is 14.1 Å². The lowest BCUT2D eigenvalue weighted by Gasteiger charge is -2.21. The number of guanidine groups is 1. The van der Waals surface area contributed by atoms with Crippen LogP contribution < -0.4 is 5.32 Å². The highest BCUT2D eigenvalue weighted by Gasteiger charge is 2.10. The smallest absolute Gasteiger partial charge is 0.194 e. The van der Waals surface area contributed by atoms with Gasteiger partial charge in [-0.2, -0.15) is 5.10 Å². The highest BCUT2D eigenvalue weighted by molar-refractivity contribution is 14.0. The molecule has 0 fully saturated rings. The van der Waals surface area contributed by atoms with Gasteiger partial charge in [0.1, 0.15) is 5.82 Å². The number of hydrogen-bond donors (Lipinski definition) is 2. The summed E-state index contributed by atoms with van der Waals surface area (Å²) < 4.78 is 1.84. The summed E-state index contributed by atoms with van der Waals surface area (Å²) in [7, 11) is 3.79. The van der Waals surface area contributed by atoms with Crippen LogP contribution >= 0.6 is 24.0 Å². The average molecular weight is 527 g/mol. The zero-order valence-corrected chi connectivity index (χ0v) is 19.9. The molecule has 2 N–H and O–H groups in total. The molecule has 4 aromatic rings. The number of H-pyrrole nitrogens is 1. The fraction of sp³-hybridized carbons (Fsp3) is 0.174. The van der Waals surface area contributed by atoms with E-state index in [0.29, 0.717) is 13.1 Å². The number of halogens is 1. The predicted octanol–water partition coefficient (Wildman–Crippen LogP) is 4.09. The quantitative estimate of drug-likeness (QED) is 0.225. The third-order valence-electron chi connectivity index (χ3n) is 4.83. The first-order valence-electron chi connectivity index (χ1n) is 9.83. The maximum Gasteiger partial charge on any atom is 0.194 e. The molecule has 0 aliphatic heterocycles. The van der Waals surface area contributed by atoms with E-state index in [1.807, 2.05) is 53.3 Å². The number of hydrogen-bond acceptors (Lipinski definition) is 3. The molecular weight excluding hydrogens is 501 g/mol. The molecule has 0 saturated carbocycles. The number of aliphatic imine (C=N–C) groups is 1. The summed E-state index contributed by atoms with van der Waals surface area (Å²) in [6.45, 7) is 1.31. The summed E-state index contributed by atoms with van der Waals surface area (Å²) in [4.78, 5) is 14.3. The first-order chi connectivity index (χ1) is 14.7. The Morgan fingerprint density at radius 1 is 1.10 bits per heavy atom. The molecule has 0 amide bonds. The van der Waals surface area contributed by atoms with Crippen molar-refractivity contribution in [3.8, 4) is 16.9 Å². The van der Waals surface area contributed by atoms with Gasteiger partial charge in [-0.1, -0.05) is 42.5 Å². The Morgan fingerprint density at radius 2 is 1.87 bits per heavy atom. The van der Waals surface area contributed by atoms with Gasteiger partial charge in [0.25, 0.3) is 0 Å². The summed E-state index contributed by atoms with van der Waals surface area (Å²) in [6, 6.07) is 20.4. The van der Waals surface area contributed by atoms with Crippen molar-refractivity contribution in [1.82, 2.24) is 30.0 Å². The predicted molar refractivity (Wildman–Crippen MR) is 135 cm³/mol. The molecule has 2 aromatic heterocycles. The Kier molecular flexibility index (Phi) is 7.82. The number of aromatic amines is 1. The second-order valence-corrected chi connectivity index (χ2v) is 6.98. The molecule has 0 aliphatic carbocycles. The lowest BCUT2D eigenvalue weighted by atomic mass is 10.2. The molecule has 160 valence electrons. The Balaban J connectivity index is 0.00000272. The van der Waals surface area contributed by atoms with Gasteiger partial charge in [0.15, 0.2) is 5.96 Å². The first-order valence-corrected chi connectivity index (χ1v) is 9.83. The number of benzene rings is 2. The van der Waals surface area contributed by atoms with Crippen LogP contribution in [0.1, 0.15) is 11.4 Å². The van der Waals surface area contributed by atoms with E-state index in [0.717, 1.165) is 28.7 Å². The molecule has 31 heavy (non-hydrogen) atoms.